The molecule has 0 spiro atoms. The fourth-order valence-electron chi connectivity index (χ4n) is 5.38. The lowest BCUT2D eigenvalue weighted by atomic mass is 9.79. The Labute approximate surface area is 235 Å². The van der Waals surface area contributed by atoms with E-state index in [0.29, 0.717) is 11.3 Å². The fourth-order valence-corrected chi connectivity index (χ4v) is 6.66. The zero-order valence-electron chi connectivity index (χ0n) is 24.6. The van der Waals surface area contributed by atoms with Crippen molar-refractivity contribution >= 4 is 29.8 Å². The van der Waals surface area contributed by atoms with Gasteiger partial charge in [0.2, 0.25) is 0 Å². The van der Waals surface area contributed by atoms with Crippen LogP contribution in [-0.2, 0) is 23.8 Å². The van der Waals surface area contributed by atoms with Crippen LogP contribution in [0.25, 0.3) is 0 Å². The number of rotatable bonds is 6. The third kappa shape index (κ3) is 7.06. The SMILES string of the molecule is Cc1cc(SC[C@@H]2[C@@H](N)[C@H]3[C@H](C(=O)OC(C)(C)C)[C@H]3[C@]2(NC(=O)OC(C)(C)C)C(=O)OC(C)(C)C)ccc1F. The van der Waals surface area contributed by atoms with E-state index in [1.807, 2.05) is 0 Å². The lowest BCUT2D eigenvalue weighted by molar-refractivity contribution is -0.167. The number of halogens is 1. The number of nitrogens with one attached hydrogen (secondary N) is 1. The predicted molar refractivity (Wildman–Crippen MR) is 148 cm³/mol. The Morgan fingerprint density at radius 2 is 1.54 bits per heavy atom. The molecule has 3 rings (SSSR count). The largest absolute Gasteiger partial charge is 0.460 e. The summed E-state index contributed by atoms with van der Waals surface area (Å²) in [4.78, 5) is 41.3. The number of thioether (sulfide) groups is 1. The first-order valence-electron chi connectivity index (χ1n) is 13.3. The number of alkyl carbamates (subject to hydrolysis) is 1. The Hall–Kier alpha value is -2.33. The third-order valence-corrected chi connectivity index (χ3v) is 7.89. The van der Waals surface area contributed by atoms with Gasteiger partial charge in [-0.2, -0.15) is 0 Å². The van der Waals surface area contributed by atoms with Crippen LogP contribution in [0, 0.1) is 36.4 Å². The number of ether oxygens (including phenoxy) is 3. The molecule has 3 N–H and O–H groups in total. The Kier molecular flexibility index (Phi) is 8.46. The number of fused-ring (bicyclic) bond motifs is 1. The zero-order valence-corrected chi connectivity index (χ0v) is 25.5. The van der Waals surface area contributed by atoms with E-state index < -0.39 is 70.1 Å². The van der Waals surface area contributed by atoms with Gasteiger partial charge >= 0.3 is 18.0 Å². The zero-order chi connectivity index (χ0) is 29.7. The molecular formula is C29H43FN2O6S. The van der Waals surface area contributed by atoms with Gasteiger partial charge in [0, 0.05) is 28.5 Å². The number of amides is 1. The molecule has 0 aromatic heterocycles. The van der Waals surface area contributed by atoms with Gasteiger partial charge in [0.1, 0.15) is 28.2 Å². The monoisotopic (exact) mass is 566 g/mol. The molecule has 0 heterocycles. The van der Waals surface area contributed by atoms with Gasteiger partial charge in [0.15, 0.2) is 0 Å². The molecule has 6 atom stereocenters. The van der Waals surface area contributed by atoms with E-state index in [-0.39, 0.29) is 5.82 Å². The number of hydrogen-bond acceptors (Lipinski definition) is 8. The quantitative estimate of drug-likeness (QED) is 0.281. The number of hydrogen-bond donors (Lipinski definition) is 2. The van der Waals surface area contributed by atoms with Gasteiger partial charge in [-0.1, -0.05) is 0 Å². The van der Waals surface area contributed by atoms with E-state index in [1.165, 1.54) is 17.8 Å². The summed E-state index contributed by atoms with van der Waals surface area (Å²) in [6, 6.07) is 4.15. The first-order chi connectivity index (χ1) is 17.7. The molecule has 0 unspecified atom stereocenters. The number of nitrogens with two attached hydrogens (primary N) is 1. The summed E-state index contributed by atoms with van der Waals surface area (Å²) in [5, 5.41) is 2.85. The van der Waals surface area contributed by atoms with Crippen LogP contribution in [0.15, 0.2) is 23.1 Å². The highest BCUT2D eigenvalue weighted by molar-refractivity contribution is 7.99. The number of esters is 2. The van der Waals surface area contributed by atoms with Crippen molar-refractivity contribution in [2.75, 3.05) is 5.75 Å². The van der Waals surface area contributed by atoms with Crippen molar-refractivity contribution in [1.29, 1.82) is 0 Å². The Morgan fingerprint density at radius 3 is 2.05 bits per heavy atom. The van der Waals surface area contributed by atoms with Crippen LogP contribution in [0.2, 0.25) is 0 Å². The number of aryl methyl sites for hydroxylation is 1. The molecule has 0 bridgehead atoms. The first kappa shape index (κ1) is 31.2. The normalized spacial score (nSPS) is 28.4. The standard InChI is InChI=1S/C29H43FN2O6S/c1-15-13-16(11-12-18(15)30)39-14-17-22(31)19-20(23(33)36-26(2,3)4)21(19)29(17,24(34)37-27(5,6)7)32-25(35)38-28(8,9)10/h11-13,17,19-22H,14,31H2,1-10H3,(H,32,35)/t17-,19+,20+,21+,22-,29+/m1/s1. The topological polar surface area (TPSA) is 117 Å². The molecule has 1 aromatic carbocycles. The van der Waals surface area contributed by atoms with E-state index in [0.717, 1.165) is 4.90 Å². The third-order valence-electron chi connectivity index (χ3n) is 6.78. The van der Waals surface area contributed by atoms with Crippen molar-refractivity contribution in [1.82, 2.24) is 5.32 Å². The molecule has 0 aliphatic heterocycles. The minimum atomic E-state index is -1.64. The lowest BCUT2D eigenvalue weighted by Gasteiger charge is -2.40. The van der Waals surface area contributed by atoms with Crippen LogP contribution < -0.4 is 11.1 Å². The molecule has 0 saturated heterocycles. The number of benzene rings is 1. The second-order valence-electron chi connectivity index (χ2n) is 13.6. The van der Waals surface area contributed by atoms with Gasteiger partial charge in [-0.3, -0.25) is 4.79 Å². The highest BCUT2D eigenvalue weighted by atomic mass is 32.2. The van der Waals surface area contributed by atoms with Crippen molar-refractivity contribution < 1.29 is 33.0 Å². The molecule has 218 valence electrons. The molecule has 2 aliphatic rings. The van der Waals surface area contributed by atoms with Crippen molar-refractivity contribution in [3.8, 4) is 0 Å². The summed E-state index contributed by atoms with van der Waals surface area (Å²) in [6.45, 7) is 17.4. The molecule has 2 saturated carbocycles. The van der Waals surface area contributed by atoms with Gasteiger partial charge in [0.25, 0.3) is 0 Å². The van der Waals surface area contributed by atoms with E-state index in [4.69, 9.17) is 19.9 Å². The average Bonchev–Trinajstić information content (AvgIpc) is 3.42. The lowest BCUT2D eigenvalue weighted by Crippen LogP contribution is -2.65. The van der Waals surface area contributed by atoms with Crippen LogP contribution in [0.5, 0.6) is 0 Å². The maximum atomic E-state index is 14.1. The van der Waals surface area contributed by atoms with Crippen LogP contribution in [0.3, 0.4) is 0 Å². The minimum absolute atomic E-state index is 0.312. The van der Waals surface area contributed by atoms with Crippen molar-refractivity contribution in [3.05, 3.63) is 29.6 Å². The summed E-state index contributed by atoms with van der Waals surface area (Å²) < 4.78 is 31.0. The summed E-state index contributed by atoms with van der Waals surface area (Å²) in [5.41, 5.74) is 3.20. The van der Waals surface area contributed by atoms with Crippen LogP contribution in [-0.4, -0.2) is 52.2 Å². The molecule has 2 aliphatic carbocycles. The Bertz CT molecular complexity index is 1120. The van der Waals surface area contributed by atoms with E-state index in [9.17, 15) is 18.8 Å². The molecule has 0 radical (unpaired) electrons. The number of carbonyl (C=O) groups is 3. The molecule has 10 heteroatoms. The summed E-state index contributed by atoms with van der Waals surface area (Å²) in [6.07, 6.45) is -0.802. The molecule has 1 aromatic rings. The highest BCUT2D eigenvalue weighted by Gasteiger charge is 2.79. The van der Waals surface area contributed by atoms with E-state index in [2.05, 4.69) is 5.32 Å². The second kappa shape index (κ2) is 10.6. The van der Waals surface area contributed by atoms with Gasteiger partial charge in [0.05, 0.1) is 5.92 Å². The van der Waals surface area contributed by atoms with Gasteiger partial charge < -0.3 is 25.3 Å². The van der Waals surface area contributed by atoms with Crippen LogP contribution >= 0.6 is 11.8 Å². The summed E-state index contributed by atoms with van der Waals surface area (Å²) in [5.74, 6) is -3.46. The second-order valence-corrected chi connectivity index (χ2v) is 14.7. The predicted octanol–water partition coefficient (Wildman–Crippen LogP) is 4.99. The van der Waals surface area contributed by atoms with Crippen molar-refractivity contribution in [2.45, 2.75) is 103 Å². The minimum Gasteiger partial charge on any atom is -0.460 e. The summed E-state index contributed by atoms with van der Waals surface area (Å²) in [7, 11) is 0. The maximum Gasteiger partial charge on any atom is 0.408 e. The highest BCUT2D eigenvalue weighted by Crippen LogP contribution is 2.65. The van der Waals surface area contributed by atoms with Crippen molar-refractivity contribution in [2.24, 2.45) is 29.4 Å². The van der Waals surface area contributed by atoms with Gasteiger partial charge in [-0.15, -0.1) is 11.8 Å². The van der Waals surface area contributed by atoms with E-state index >= 15 is 0 Å². The fraction of sp³-hybridized carbons (Fsp3) is 0.690. The maximum absolute atomic E-state index is 14.1. The molecule has 39 heavy (non-hydrogen) atoms. The molecular weight excluding hydrogens is 523 g/mol. The molecule has 2 fully saturated rings. The number of carbonyl (C=O) groups excluding carboxylic acids is 3. The smallest absolute Gasteiger partial charge is 0.408 e. The Morgan fingerprint density at radius 1 is 0.974 bits per heavy atom. The average molecular weight is 567 g/mol. The molecule has 8 nitrogen and oxygen atoms in total. The first-order valence-corrected chi connectivity index (χ1v) is 14.3. The van der Waals surface area contributed by atoms with Crippen LogP contribution in [0.1, 0.15) is 67.9 Å². The van der Waals surface area contributed by atoms with Crippen LogP contribution in [0.4, 0.5) is 9.18 Å². The van der Waals surface area contributed by atoms with Gasteiger partial charge in [-0.25, -0.2) is 14.0 Å². The van der Waals surface area contributed by atoms with E-state index in [1.54, 1.807) is 81.4 Å². The summed E-state index contributed by atoms with van der Waals surface area (Å²) >= 11 is 1.40. The van der Waals surface area contributed by atoms with Gasteiger partial charge in [-0.05, 0) is 98.9 Å². The molecule has 1 amide bonds. The van der Waals surface area contributed by atoms with Crippen molar-refractivity contribution in [3.63, 3.8) is 0 Å². The Balaban J connectivity index is 2.05.